The van der Waals surface area contributed by atoms with Crippen LogP contribution in [0.4, 0.5) is 0 Å². The fourth-order valence-corrected chi connectivity index (χ4v) is 2.05. The number of fused-ring (bicyclic) bond motifs is 1. The molecule has 0 unspecified atom stereocenters. The van der Waals surface area contributed by atoms with E-state index in [1.165, 1.54) is 4.91 Å². The molecule has 50 valence electrons. The zero-order valence-corrected chi connectivity index (χ0v) is 6.24. The smallest absolute Gasteiger partial charge is 0.0620 e. The van der Waals surface area contributed by atoms with Crippen molar-refractivity contribution in [1.82, 2.24) is 0 Å². The van der Waals surface area contributed by atoms with Crippen molar-refractivity contribution in [1.29, 1.82) is 5.41 Å². The Kier molecular flexibility index (Phi) is 1.27. The SMILES string of the molecule is N=C1C=CC=C2SCC=C12. The van der Waals surface area contributed by atoms with Crippen LogP contribution in [0.2, 0.25) is 0 Å². The molecule has 2 aliphatic rings. The number of hydrogen-bond donors (Lipinski definition) is 1. The first-order chi connectivity index (χ1) is 4.88. The molecular formula is C8H7NS. The third-order valence-corrected chi connectivity index (χ3v) is 2.59. The summed E-state index contributed by atoms with van der Waals surface area (Å²) in [5.74, 6) is 1.03. The molecule has 1 nitrogen and oxygen atoms in total. The molecule has 0 aromatic heterocycles. The Labute approximate surface area is 64.0 Å². The number of nitrogens with one attached hydrogen (secondary N) is 1. The summed E-state index contributed by atoms with van der Waals surface area (Å²) in [5, 5.41) is 7.51. The van der Waals surface area contributed by atoms with E-state index in [0.717, 1.165) is 11.3 Å². The van der Waals surface area contributed by atoms with Crippen LogP contribution in [0.15, 0.2) is 34.8 Å². The molecule has 1 heterocycles. The van der Waals surface area contributed by atoms with Gasteiger partial charge in [0, 0.05) is 16.2 Å². The molecule has 0 aromatic carbocycles. The van der Waals surface area contributed by atoms with Crippen LogP contribution in [0.1, 0.15) is 0 Å². The minimum Gasteiger partial charge on any atom is -0.300 e. The summed E-state index contributed by atoms with van der Waals surface area (Å²) >= 11 is 1.81. The van der Waals surface area contributed by atoms with Gasteiger partial charge in [-0.1, -0.05) is 12.2 Å². The fraction of sp³-hybridized carbons (Fsp3) is 0.125. The van der Waals surface area contributed by atoms with Crippen molar-refractivity contribution in [3.05, 3.63) is 34.8 Å². The third kappa shape index (κ3) is 0.762. The summed E-state index contributed by atoms with van der Waals surface area (Å²) in [7, 11) is 0. The van der Waals surface area contributed by atoms with Gasteiger partial charge in [-0.25, -0.2) is 0 Å². The molecule has 0 bridgehead atoms. The van der Waals surface area contributed by atoms with Gasteiger partial charge >= 0.3 is 0 Å². The maximum Gasteiger partial charge on any atom is 0.0620 e. The Bertz CT molecular complexity index is 271. The molecule has 0 aromatic rings. The van der Waals surface area contributed by atoms with Crippen molar-refractivity contribution >= 4 is 17.5 Å². The minimum atomic E-state index is 0.655. The second-order valence-corrected chi connectivity index (χ2v) is 3.29. The highest BCUT2D eigenvalue weighted by atomic mass is 32.2. The highest BCUT2D eigenvalue weighted by molar-refractivity contribution is 8.03. The van der Waals surface area contributed by atoms with Crippen LogP contribution in [-0.2, 0) is 0 Å². The third-order valence-electron chi connectivity index (χ3n) is 1.59. The molecule has 1 aliphatic heterocycles. The van der Waals surface area contributed by atoms with Crippen LogP contribution in [0.25, 0.3) is 0 Å². The molecule has 0 amide bonds. The molecule has 1 N–H and O–H groups in total. The lowest BCUT2D eigenvalue weighted by Crippen LogP contribution is -1.98. The summed E-state index contributed by atoms with van der Waals surface area (Å²) in [4.78, 5) is 1.26. The molecule has 0 spiro atoms. The molecular weight excluding hydrogens is 142 g/mol. The van der Waals surface area contributed by atoms with Crippen molar-refractivity contribution in [2.75, 3.05) is 5.75 Å². The molecule has 2 heteroatoms. The Morgan fingerprint density at radius 1 is 1.50 bits per heavy atom. The lowest BCUT2D eigenvalue weighted by atomic mass is 10.1. The van der Waals surface area contributed by atoms with Gasteiger partial charge < -0.3 is 5.41 Å². The monoisotopic (exact) mass is 149 g/mol. The number of thioether (sulfide) groups is 1. The molecule has 0 atom stereocenters. The summed E-state index contributed by atoms with van der Waals surface area (Å²) in [5.41, 5.74) is 1.77. The molecule has 1 aliphatic carbocycles. The second kappa shape index (κ2) is 2.13. The van der Waals surface area contributed by atoms with Crippen molar-refractivity contribution in [2.24, 2.45) is 0 Å². The lowest BCUT2D eigenvalue weighted by Gasteiger charge is -2.05. The van der Waals surface area contributed by atoms with Crippen LogP contribution < -0.4 is 0 Å². The van der Waals surface area contributed by atoms with Crippen LogP contribution in [0, 0.1) is 5.41 Å². The van der Waals surface area contributed by atoms with Crippen molar-refractivity contribution in [2.45, 2.75) is 0 Å². The summed E-state index contributed by atoms with van der Waals surface area (Å²) < 4.78 is 0. The van der Waals surface area contributed by atoms with E-state index in [4.69, 9.17) is 5.41 Å². The second-order valence-electron chi connectivity index (χ2n) is 2.23. The van der Waals surface area contributed by atoms with E-state index in [0.29, 0.717) is 5.71 Å². The first kappa shape index (κ1) is 5.98. The average Bonchev–Trinajstić information content (AvgIpc) is 2.36. The molecule has 10 heavy (non-hydrogen) atoms. The van der Waals surface area contributed by atoms with E-state index in [-0.39, 0.29) is 0 Å². The highest BCUT2D eigenvalue weighted by Crippen LogP contribution is 2.33. The number of hydrogen-bond acceptors (Lipinski definition) is 2. The molecule has 2 rings (SSSR count). The van der Waals surface area contributed by atoms with Crippen LogP contribution in [-0.4, -0.2) is 11.5 Å². The van der Waals surface area contributed by atoms with Crippen molar-refractivity contribution in [3.8, 4) is 0 Å². The average molecular weight is 149 g/mol. The van der Waals surface area contributed by atoms with Gasteiger partial charge in [0.15, 0.2) is 0 Å². The lowest BCUT2D eigenvalue weighted by molar-refractivity contribution is 1.49. The van der Waals surface area contributed by atoms with E-state index in [1.54, 1.807) is 11.8 Å². The van der Waals surface area contributed by atoms with Gasteiger partial charge in [-0.3, -0.25) is 0 Å². The zero-order valence-electron chi connectivity index (χ0n) is 5.42. The zero-order chi connectivity index (χ0) is 6.97. The minimum absolute atomic E-state index is 0.655. The largest absolute Gasteiger partial charge is 0.300 e. The number of allylic oxidation sites excluding steroid dienone is 4. The maximum absolute atomic E-state index is 7.51. The Hall–Kier alpha value is -0.760. The van der Waals surface area contributed by atoms with E-state index in [1.807, 2.05) is 12.2 Å². The molecule has 0 saturated heterocycles. The van der Waals surface area contributed by atoms with Crippen LogP contribution >= 0.6 is 11.8 Å². The van der Waals surface area contributed by atoms with Gasteiger partial charge in [-0.2, -0.15) is 0 Å². The summed E-state index contributed by atoms with van der Waals surface area (Å²) in [6.45, 7) is 0. The first-order valence-electron chi connectivity index (χ1n) is 3.18. The number of rotatable bonds is 0. The summed E-state index contributed by atoms with van der Waals surface area (Å²) in [6.07, 6.45) is 7.96. The fourth-order valence-electron chi connectivity index (χ4n) is 1.10. The van der Waals surface area contributed by atoms with Gasteiger partial charge in [0.1, 0.15) is 0 Å². The Morgan fingerprint density at radius 2 is 2.40 bits per heavy atom. The predicted molar refractivity (Wildman–Crippen MR) is 45.5 cm³/mol. The standard InChI is InChI=1S/C8H7NS/c9-7-2-1-3-8-6(7)4-5-10-8/h1-4,9H,5H2. The van der Waals surface area contributed by atoms with E-state index < -0.39 is 0 Å². The van der Waals surface area contributed by atoms with Crippen LogP contribution in [0.3, 0.4) is 0 Å². The first-order valence-corrected chi connectivity index (χ1v) is 4.17. The van der Waals surface area contributed by atoms with E-state index in [9.17, 15) is 0 Å². The van der Waals surface area contributed by atoms with E-state index >= 15 is 0 Å². The van der Waals surface area contributed by atoms with Gasteiger partial charge in [-0.05, 0) is 12.2 Å². The topological polar surface area (TPSA) is 23.9 Å². The Morgan fingerprint density at radius 3 is 3.20 bits per heavy atom. The highest BCUT2D eigenvalue weighted by Gasteiger charge is 2.15. The summed E-state index contributed by atoms with van der Waals surface area (Å²) in [6, 6.07) is 0. The Balaban J connectivity index is 2.48. The van der Waals surface area contributed by atoms with Crippen molar-refractivity contribution < 1.29 is 0 Å². The van der Waals surface area contributed by atoms with Gasteiger partial charge in [0.2, 0.25) is 0 Å². The predicted octanol–water partition coefficient (Wildman–Crippen LogP) is 2.13. The molecule has 0 radical (unpaired) electrons. The maximum atomic E-state index is 7.51. The molecule has 0 saturated carbocycles. The van der Waals surface area contributed by atoms with Gasteiger partial charge in [0.25, 0.3) is 0 Å². The van der Waals surface area contributed by atoms with Gasteiger partial charge in [-0.15, -0.1) is 11.8 Å². The van der Waals surface area contributed by atoms with E-state index in [2.05, 4.69) is 12.2 Å². The van der Waals surface area contributed by atoms with Crippen molar-refractivity contribution in [3.63, 3.8) is 0 Å². The van der Waals surface area contributed by atoms with Crippen LogP contribution in [0.5, 0.6) is 0 Å². The quantitative estimate of drug-likeness (QED) is 0.560. The normalized spacial score (nSPS) is 22.2. The van der Waals surface area contributed by atoms with Gasteiger partial charge in [0.05, 0.1) is 5.71 Å². The molecule has 0 fully saturated rings.